The van der Waals surface area contributed by atoms with Gasteiger partial charge in [-0.2, -0.15) is 0 Å². The van der Waals surface area contributed by atoms with Gasteiger partial charge in [0.15, 0.2) is 12.2 Å². The van der Waals surface area contributed by atoms with Gasteiger partial charge in [-0.3, -0.25) is 37.3 Å². The summed E-state index contributed by atoms with van der Waals surface area (Å²) in [5.74, 6) is -0.580. The van der Waals surface area contributed by atoms with E-state index in [0.717, 1.165) is 115 Å². The number of aliphatic hydroxyl groups excluding tert-OH is 1. The summed E-state index contributed by atoms with van der Waals surface area (Å²) in [6.07, 6.45) is 61.6. The number of unbranched alkanes of at least 4 members (excludes halogenated alkanes) is 48. The average Bonchev–Trinajstić information content (AvgIpc) is 0.984. The van der Waals surface area contributed by atoms with Gasteiger partial charge in [0, 0.05) is 25.7 Å². The van der Waals surface area contributed by atoms with Gasteiger partial charge in [-0.1, -0.05) is 369 Å². The zero-order valence-corrected chi connectivity index (χ0v) is 66.6. The largest absolute Gasteiger partial charge is 0.472 e. The number of hydrogen-bond acceptors (Lipinski definition) is 15. The summed E-state index contributed by atoms with van der Waals surface area (Å²) in [6, 6.07) is 0. The van der Waals surface area contributed by atoms with Crippen LogP contribution < -0.4 is 0 Å². The quantitative estimate of drug-likeness (QED) is 0.0222. The highest BCUT2D eigenvalue weighted by Gasteiger charge is 2.30. The molecule has 0 saturated carbocycles. The van der Waals surface area contributed by atoms with E-state index >= 15 is 0 Å². The first-order chi connectivity index (χ1) is 47.9. The molecule has 19 heteroatoms. The molecule has 0 aromatic carbocycles. The zero-order chi connectivity index (χ0) is 72.8. The van der Waals surface area contributed by atoms with Crippen molar-refractivity contribution < 1.29 is 80.2 Å². The van der Waals surface area contributed by atoms with Crippen LogP contribution in [-0.2, 0) is 65.4 Å². The summed E-state index contributed by atoms with van der Waals surface area (Å²) >= 11 is 0. The molecule has 588 valence electrons. The standard InChI is InChI=1S/C80H156O17P2/c1-7-10-12-14-16-17-18-19-20-21-22-23-24-28-31-34-37-40-44-51-57-63-78(83)91-69-75(96-79(84)64-58-52-45-41-38-35-32-29-26-25-27-30-33-36-39-43-48-54-60-72(4)5)70-94-98(86,87)92-66-74(81)67-93-99(88,89)95-71-76(68-90-77(82)62-56-50-42-15-13-11-8-2)97-80(85)65-59-53-47-46-49-55-61-73(6)9-3/h72-76,81H,7-71H2,1-6H3,(H,86,87)(H,88,89)/t73?,74-,75-,76-/m1/s1. The Labute approximate surface area is 607 Å². The summed E-state index contributed by atoms with van der Waals surface area (Å²) in [5, 5.41) is 10.6. The fourth-order valence-electron chi connectivity index (χ4n) is 12.3. The molecular weight excluding hydrogens is 1290 g/mol. The molecule has 3 N–H and O–H groups in total. The van der Waals surface area contributed by atoms with Crippen LogP contribution in [0.25, 0.3) is 0 Å². The van der Waals surface area contributed by atoms with Crippen molar-refractivity contribution >= 4 is 39.5 Å². The molecule has 0 rings (SSSR count). The molecule has 99 heavy (non-hydrogen) atoms. The van der Waals surface area contributed by atoms with Crippen molar-refractivity contribution in [1.29, 1.82) is 0 Å². The molecule has 0 aliphatic carbocycles. The van der Waals surface area contributed by atoms with Crippen LogP contribution in [-0.4, -0.2) is 96.7 Å². The monoisotopic (exact) mass is 1450 g/mol. The van der Waals surface area contributed by atoms with Crippen LogP contribution in [0.4, 0.5) is 0 Å². The van der Waals surface area contributed by atoms with Crippen molar-refractivity contribution in [3.63, 3.8) is 0 Å². The molecule has 0 fully saturated rings. The Kier molecular flexibility index (Phi) is 70.3. The Morgan fingerprint density at radius 1 is 0.293 bits per heavy atom. The molecule has 6 atom stereocenters. The Hall–Kier alpha value is -1.94. The van der Waals surface area contributed by atoms with E-state index in [-0.39, 0.29) is 25.7 Å². The number of ether oxygens (including phenoxy) is 4. The van der Waals surface area contributed by atoms with E-state index < -0.39 is 97.5 Å². The van der Waals surface area contributed by atoms with Crippen LogP contribution in [0.3, 0.4) is 0 Å². The molecule has 0 aromatic rings. The van der Waals surface area contributed by atoms with Gasteiger partial charge in [-0.25, -0.2) is 9.13 Å². The lowest BCUT2D eigenvalue weighted by atomic mass is 10.00. The summed E-state index contributed by atoms with van der Waals surface area (Å²) in [4.78, 5) is 72.7. The molecule has 0 aliphatic heterocycles. The lowest BCUT2D eigenvalue weighted by Crippen LogP contribution is -2.30. The summed E-state index contributed by atoms with van der Waals surface area (Å²) < 4.78 is 68.5. The van der Waals surface area contributed by atoms with E-state index in [1.807, 2.05) is 0 Å². The molecule has 3 unspecified atom stereocenters. The molecule has 0 spiro atoms. The minimum atomic E-state index is -4.96. The number of hydrogen-bond donors (Lipinski definition) is 3. The lowest BCUT2D eigenvalue weighted by Gasteiger charge is -2.21. The van der Waals surface area contributed by atoms with Crippen molar-refractivity contribution in [2.45, 2.75) is 439 Å². The second-order valence-electron chi connectivity index (χ2n) is 29.5. The van der Waals surface area contributed by atoms with E-state index in [0.29, 0.717) is 25.7 Å². The minimum Gasteiger partial charge on any atom is -0.462 e. The highest BCUT2D eigenvalue weighted by Crippen LogP contribution is 2.45. The maximum Gasteiger partial charge on any atom is 0.472 e. The number of carbonyl (C=O) groups is 4. The van der Waals surface area contributed by atoms with Crippen molar-refractivity contribution in [1.82, 2.24) is 0 Å². The molecule has 0 radical (unpaired) electrons. The lowest BCUT2D eigenvalue weighted by molar-refractivity contribution is -0.161. The molecule has 0 aliphatic rings. The predicted molar refractivity (Wildman–Crippen MR) is 405 cm³/mol. The Balaban J connectivity index is 5.13. The topological polar surface area (TPSA) is 237 Å². The van der Waals surface area contributed by atoms with E-state index in [9.17, 15) is 43.2 Å². The third-order valence-electron chi connectivity index (χ3n) is 19.1. The fourth-order valence-corrected chi connectivity index (χ4v) is 13.9. The van der Waals surface area contributed by atoms with Crippen LogP contribution in [0.5, 0.6) is 0 Å². The first-order valence-electron chi connectivity index (χ1n) is 41.5. The first kappa shape index (κ1) is 97.1. The van der Waals surface area contributed by atoms with Gasteiger partial charge in [0.1, 0.15) is 19.3 Å². The normalized spacial score (nSPS) is 14.2. The number of rotatable bonds is 79. The van der Waals surface area contributed by atoms with Crippen molar-refractivity contribution in [3.8, 4) is 0 Å². The van der Waals surface area contributed by atoms with E-state index in [1.165, 1.54) is 225 Å². The Morgan fingerprint density at radius 3 is 0.768 bits per heavy atom. The molecule has 0 amide bonds. The van der Waals surface area contributed by atoms with Crippen LogP contribution in [0.2, 0.25) is 0 Å². The highest BCUT2D eigenvalue weighted by molar-refractivity contribution is 7.47. The summed E-state index contributed by atoms with van der Waals surface area (Å²) in [7, 11) is -9.91. The van der Waals surface area contributed by atoms with Crippen LogP contribution in [0.15, 0.2) is 0 Å². The molecule has 0 saturated heterocycles. The summed E-state index contributed by atoms with van der Waals surface area (Å²) in [5.41, 5.74) is 0. The Bertz CT molecular complexity index is 1910. The van der Waals surface area contributed by atoms with Gasteiger partial charge >= 0.3 is 39.5 Å². The second-order valence-corrected chi connectivity index (χ2v) is 32.4. The second kappa shape index (κ2) is 71.7. The third-order valence-corrected chi connectivity index (χ3v) is 21.0. The highest BCUT2D eigenvalue weighted by atomic mass is 31.2. The zero-order valence-electron chi connectivity index (χ0n) is 64.8. The fraction of sp³-hybridized carbons (Fsp3) is 0.950. The Morgan fingerprint density at radius 2 is 0.515 bits per heavy atom. The number of phosphoric acid groups is 2. The number of carbonyl (C=O) groups excluding carboxylic acids is 4. The number of aliphatic hydroxyl groups is 1. The predicted octanol–water partition coefficient (Wildman–Crippen LogP) is 23.9. The molecule has 0 bridgehead atoms. The number of esters is 4. The first-order valence-corrected chi connectivity index (χ1v) is 44.5. The average molecular weight is 1450 g/mol. The van der Waals surface area contributed by atoms with Gasteiger partial charge in [-0.15, -0.1) is 0 Å². The van der Waals surface area contributed by atoms with Gasteiger partial charge in [0.2, 0.25) is 0 Å². The van der Waals surface area contributed by atoms with Crippen LogP contribution in [0.1, 0.15) is 420 Å². The van der Waals surface area contributed by atoms with Gasteiger partial charge < -0.3 is 33.8 Å². The molecule has 0 aromatic heterocycles. The number of phosphoric ester groups is 2. The SMILES string of the molecule is CCCCCCCCCCCCCCCCCCCCCCCC(=O)OC[C@H](COP(=O)(O)OC[C@@H](O)COP(=O)(O)OC[C@@H](COC(=O)CCCCCCCCC)OC(=O)CCCCCCCCC(C)CC)OC(=O)CCCCCCCCCCCCCCCCCCCCC(C)C. The maximum atomic E-state index is 13.1. The minimum absolute atomic E-state index is 0.103. The van der Waals surface area contributed by atoms with Crippen molar-refractivity contribution in [2.24, 2.45) is 11.8 Å². The van der Waals surface area contributed by atoms with E-state index in [1.54, 1.807) is 0 Å². The summed E-state index contributed by atoms with van der Waals surface area (Å²) in [6.45, 7) is 9.56. The smallest absolute Gasteiger partial charge is 0.462 e. The van der Waals surface area contributed by atoms with Crippen molar-refractivity contribution in [3.05, 3.63) is 0 Å². The van der Waals surface area contributed by atoms with E-state index in [4.69, 9.17) is 37.0 Å². The third kappa shape index (κ3) is 72.8. The van der Waals surface area contributed by atoms with Gasteiger partial charge in [-0.05, 0) is 37.5 Å². The molecule has 17 nitrogen and oxygen atoms in total. The molecular formula is C80H156O17P2. The van der Waals surface area contributed by atoms with Crippen molar-refractivity contribution in [2.75, 3.05) is 39.6 Å². The van der Waals surface area contributed by atoms with Gasteiger partial charge in [0.05, 0.1) is 26.4 Å². The van der Waals surface area contributed by atoms with Gasteiger partial charge in [0.25, 0.3) is 0 Å². The van der Waals surface area contributed by atoms with Crippen LogP contribution in [0, 0.1) is 11.8 Å². The van der Waals surface area contributed by atoms with E-state index in [2.05, 4.69) is 41.5 Å². The van der Waals surface area contributed by atoms with Crippen LogP contribution >= 0.6 is 15.6 Å². The maximum absolute atomic E-state index is 13.1. The molecule has 0 heterocycles.